The lowest BCUT2D eigenvalue weighted by Crippen LogP contribution is -2.12. The first-order valence-electron chi connectivity index (χ1n) is 5.13. The molecule has 5 heteroatoms. The minimum Gasteiger partial charge on any atom is -0.481 e. The molecule has 2 aromatic rings. The van der Waals surface area contributed by atoms with Gasteiger partial charge in [-0.15, -0.1) is 0 Å². The highest BCUT2D eigenvalue weighted by molar-refractivity contribution is 5.85. The SMILES string of the molecule is CCC(C(=O)O)c1cncc2ncn(C)c12. The molecule has 0 saturated carbocycles. The third kappa shape index (κ3) is 1.54. The number of carboxylic acid groups (broad SMARTS) is 1. The average Bonchev–Trinajstić information content (AvgIpc) is 2.62. The van der Waals surface area contributed by atoms with E-state index in [0.29, 0.717) is 6.42 Å². The smallest absolute Gasteiger partial charge is 0.311 e. The van der Waals surface area contributed by atoms with Gasteiger partial charge in [0.1, 0.15) is 5.52 Å². The molecule has 0 aliphatic carbocycles. The highest BCUT2D eigenvalue weighted by Gasteiger charge is 2.21. The van der Waals surface area contributed by atoms with Gasteiger partial charge in [-0.3, -0.25) is 9.78 Å². The van der Waals surface area contributed by atoms with E-state index in [1.807, 2.05) is 18.5 Å². The predicted octanol–water partition coefficient (Wildman–Crippen LogP) is 1.55. The van der Waals surface area contributed by atoms with Gasteiger partial charge < -0.3 is 9.67 Å². The van der Waals surface area contributed by atoms with Gasteiger partial charge >= 0.3 is 5.97 Å². The number of hydrogen-bond acceptors (Lipinski definition) is 3. The van der Waals surface area contributed by atoms with Crippen LogP contribution >= 0.6 is 0 Å². The summed E-state index contributed by atoms with van der Waals surface area (Å²) in [4.78, 5) is 19.4. The molecule has 84 valence electrons. The zero-order valence-corrected chi connectivity index (χ0v) is 9.21. The van der Waals surface area contributed by atoms with E-state index in [9.17, 15) is 4.79 Å². The van der Waals surface area contributed by atoms with Crippen molar-refractivity contribution in [3.8, 4) is 0 Å². The molecule has 0 aliphatic rings. The minimum absolute atomic E-state index is 0.522. The maximum atomic E-state index is 11.2. The molecule has 0 fully saturated rings. The fourth-order valence-electron chi connectivity index (χ4n) is 1.93. The summed E-state index contributed by atoms with van der Waals surface area (Å²) in [6.07, 6.45) is 5.48. The van der Waals surface area contributed by atoms with Crippen LogP contribution < -0.4 is 0 Å². The van der Waals surface area contributed by atoms with Crippen molar-refractivity contribution in [3.63, 3.8) is 0 Å². The normalized spacial score (nSPS) is 12.9. The van der Waals surface area contributed by atoms with Crippen LogP contribution in [-0.4, -0.2) is 25.6 Å². The number of aryl methyl sites for hydroxylation is 1. The van der Waals surface area contributed by atoms with Crippen LogP contribution in [0.2, 0.25) is 0 Å². The molecule has 0 aliphatic heterocycles. The summed E-state index contributed by atoms with van der Waals surface area (Å²) in [7, 11) is 1.85. The van der Waals surface area contributed by atoms with E-state index < -0.39 is 11.9 Å². The average molecular weight is 219 g/mol. The maximum Gasteiger partial charge on any atom is 0.311 e. The second kappa shape index (κ2) is 3.92. The first-order chi connectivity index (χ1) is 7.65. The Morgan fingerprint density at radius 2 is 2.31 bits per heavy atom. The Hall–Kier alpha value is -1.91. The van der Waals surface area contributed by atoms with Crippen molar-refractivity contribution in [1.29, 1.82) is 0 Å². The first kappa shape index (κ1) is 10.6. The number of hydrogen-bond donors (Lipinski definition) is 1. The van der Waals surface area contributed by atoms with Gasteiger partial charge in [0.15, 0.2) is 0 Å². The number of rotatable bonds is 3. The number of aliphatic carboxylic acids is 1. The third-order valence-corrected chi connectivity index (χ3v) is 2.73. The quantitative estimate of drug-likeness (QED) is 0.850. The van der Waals surface area contributed by atoms with Crippen LogP contribution in [0, 0.1) is 0 Å². The molecule has 0 spiro atoms. The van der Waals surface area contributed by atoms with Crippen molar-refractivity contribution >= 4 is 17.0 Å². The third-order valence-electron chi connectivity index (χ3n) is 2.73. The van der Waals surface area contributed by atoms with Gasteiger partial charge in [-0.25, -0.2) is 4.98 Å². The molecule has 0 aromatic carbocycles. The first-order valence-corrected chi connectivity index (χ1v) is 5.13. The Morgan fingerprint density at radius 1 is 1.56 bits per heavy atom. The number of carbonyl (C=O) groups is 1. The molecule has 0 bridgehead atoms. The Bertz CT molecular complexity index is 533. The summed E-state index contributed by atoms with van der Waals surface area (Å²) in [6.45, 7) is 1.86. The highest BCUT2D eigenvalue weighted by Crippen LogP contribution is 2.26. The van der Waals surface area contributed by atoms with E-state index in [4.69, 9.17) is 5.11 Å². The summed E-state index contributed by atoms with van der Waals surface area (Å²) >= 11 is 0. The molecule has 2 rings (SSSR count). The van der Waals surface area contributed by atoms with E-state index in [1.54, 1.807) is 18.7 Å². The number of pyridine rings is 1. The van der Waals surface area contributed by atoms with E-state index >= 15 is 0 Å². The monoisotopic (exact) mass is 219 g/mol. The molecule has 1 unspecified atom stereocenters. The summed E-state index contributed by atoms with van der Waals surface area (Å²) < 4.78 is 1.83. The van der Waals surface area contributed by atoms with Crippen molar-refractivity contribution in [2.24, 2.45) is 7.05 Å². The number of nitrogens with zero attached hydrogens (tertiary/aromatic N) is 3. The Balaban J connectivity index is 2.67. The molecule has 16 heavy (non-hydrogen) atoms. The molecular weight excluding hydrogens is 206 g/mol. The van der Waals surface area contributed by atoms with Gasteiger partial charge in [0.2, 0.25) is 0 Å². The minimum atomic E-state index is -0.821. The van der Waals surface area contributed by atoms with Crippen LogP contribution in [0.5, 0.6) is 0 Å². The fourth-order valence-corrected chi connectivity index (χ4v) is 1.93. The van der Waals surface area contributed by atoms with Crippen molar-refractivity contribution in [2.45, 2.75) is 19.3 Å². The molecule has 1 atom stereocenters. The maximum absolute atomic E-state index is 11.2. The lowest BCUT2D eigenvalue weighted by molar-refractivity contribution is -0.138. The van der Waals surface area contributed by atoms with E-state index in [0.717, 1.165) is 16.6 Å². The van der Waals surface area contributed by atoms with E-state index in [2.05, 4.69) is 9.97 Å². The van der Waals surface area contributed by atoms with Crippen LogP contribution in [0.4, 0.5) is 0 Å². The number of carboxylic acids is 1. The Kier molecular flexibility index (Phi) is 2.60. The largest absolute Gasteiger partial charge is 0.481 e. The summed E-state index contributed by atoms with van der Waals surface area (Å²) in [5.41, 5.74) is 2.32. The van der Waals surface area contributed by atoms with Crippen LogP contribution in [-0.2, 0) is 11.8 Å². The Morgan fingerprint density at radius 3 is 2.94 bits per heavy atom. The molecule has 1 N–H and O–H groups in total. The highest BCUT2D eigenvalue weighted by atomic mass is 16.4. The predicted molar refractivity (Wildman–Crippen MR) is 59.2 cm³/mol. The molecule has 5 nitrogen and oxygen atoms in total. The molecule has 2 heterocycles. The van der Waals surface area contributed by atoms with Crippen LogP contribution in [0.1, 0.15) is 24.8 Å². The van der Waals surface area contributed by atoms with Gasteiger partial charge in [-0.2, -0.15) is 0 Å². The van der Waals surface area contributed by atoms with E-state index in [-0.39, 0.29) is 0 Å². The lowest BCUT2D eigenvalue weighted by atomic mass is 9.97. The fraction of sp³-hybridized carbons (Fsp3) is 0.364. The zero-order chi connectivity index (χ0) is 11.7. The van der Waals surface area contributed by atoms with Gasteiger partial charge in [-0.1, -0.05) is 6.92 Å². The van der Waals surface area contributed by atoms with Crippen molar-refractivity contribution in [2.75, 3.05) is 0 Å². The second-order valence-corrected chi connectivity index (χ2v) is 3.75. The van der Waals surface area contributed by atoms with E-state index in [1.165, 1.54) is 0 Å². The van der Waals surface area contributed by atoms with Gasteiger partial charge in [-0.05, 0) is 6.42 Å². The van der Waals surface area contributed by atoms with Crippen LogP contribution in [0.25, 0.3) is 11.0 Å². The zero-order valence-electron chi connectivity index (χ0n) is 9.21. The summed E-state index contributed by atoms with van der Waals surface area (Å²) in [5.74, 6) is -1.34. The standard InChI is InChI=1S/C11H13N3O2/c1-3-7(11(15)16)8-4-12-5-9-10(8)14(2)6-13-9/h4-7H,3H2,1-2H3,(H,15,16). The number of imidazole rings is 1. The second-order valence-electron chi connectivity index (χ2n) is 3.75. The van der Waals surface area contributed by atoms with Gasteiger partial charge in [0.05, 0.1) is 24.0 Å². The molecule has 0 amide bonds. The summed E-state index contributed by atoms with van der Waals surface area (Å²) in [6, 6.07) is 0. The molecule has 0 radical (unpaired) electrons. The Labute approximate surface area is 92.8 Å². The topological polar surface area (TPSA) is 68.0 Å². The molecule has 0 saturated heterocycles. The molecular formula is C11H13N3O2. The van der Waals surface area contributed by atoms with Gasteiger partial charge in [0, 0.05) is 18.8 Å². The van der Waals surface area contributed by atoms with Crippen molar-refractivity contribution in [3.05, 3.63) is 24.3 Å². The van der Waals surface area contributed by atoms with Crippen LogP contribution in [0.15, 0.2) is 18.7 Å². The lowest BCUT2D eigenvalue weighted by Gasteiger charge is -2.11. The van der Waals surface area contributed by atoms with Crippen molar-refractivity contribution in [1.82, 2.24) is 14.5 Å². The van der Waals surface area contributed by atoms with Crippen molar-refractivity contribution < 1.29 is 9.90 Å². The molecule has 2 aromatic heterocycles. The van der Waals surface area contributed by atoms with Gasteiger partial charge in [0.25, 0.3) is 0 Å². The van der Waals surface area contributed by atoms with Crippen LogP contribution in [0.3, 0.4) is 0 Å². The summed E-state index contributed by atoms with van der Waals surface area (Å²) in [5, 5.41) is 9.16. The number of aromatic nitrogens is 3. The number of fused-ring (bicyclic) bond motifs is 1.